The quantitative estimate of drug-likeness (QED) is 0.0294. The maximum Gasteiger partial charge on any atom is 0.172 e. The fourth-order valence-electron chi connectivity index (χ4n) is 6.57. The first-order valence-electron chi connectivity index (χ1n) is 16.4. The van der Waals surface area contributed by atoms with Crippen molar-refractivity contribution in [2.24, 2.45) is 16.5 Å². The van der Waals surface area contributed by atoms with Gasteiger partial charge in [-0.05, 0) is 66.6 Å². The van der Waals surface area contributed by atoms with Gasteiger partial charge >= 0.3 is 0 Å². The number of ether oxygens (including phenoxy) is 3. The van der Waals surface area contributed by atoms with Gasteiger partial charge in [0, 0.05) is 24.0 Å². The molecule has 0 bridgehead atoms. The minimum absolute atomic E-state index is 0.273. The molecule has 2 heterocycles. The summed E-state index contributed by atoms with van der Waals surface area (Å²) in [5, 5.41) is 12.2. The topological polar surface area (TPSA) is 130 Å². The van der Waals surface area contributed by atoms with Crippen LogP contribution >= 0.6 is 11.8 Å². The number of thioether (sulfide) groups is 1. The van der Waals surface area contributed by atoms with E-state index in [1.807, 2.05) is 34.9 Å². The highest BCUT2D eigenvalue weighted by atomic mass is 32.2. The second-order valence-electron chi connectivity index (χ2n) is 11.9. The van der Waals surface area contributed by atoms with Gasteiger partial charge in [0.1, 0.15) is 23.4 Å². The zero-order valence-corrected chi connectivity index (χ0v) is 28.9. The molecule has 5 rings (SSSR count). The van der Waals surface area contributed by atoms with Crippen LogP contribution in [0.3, 0.4) is 0 Å². The number of nitrogens with zero attached hydrogens (tertiary/aromatic N) is 3. The number of unbranched alkanes of at least 4 members (excludes halogenated alkanes) is 2. The van der Waals surface area contributed by atoms with E-state index in [4.69, 9.17) is 37.1 Å². The lowest BCUT2D eigenvalue weighted by Crippen LogP contribution is -2.32. The summed E-state index contributed by atoms with van der Waals surface area (Å²) in [6.45, 7) is 3.91. The van der Waals surface area contributed by atoms with Gasteiger partial charge < -0.3 is 30.8 Å². The van der Waals surface area contributed by atoms with Crippen LogP contribution in [0.25, 0.3) is 5.70 Å². The predicted molar refractivity (Wildman–Crippen MR) is 197 cm³/mol. The number of rotatable bonds is 16. The Labute approximate surface area is 293 Å². The second-order valence-corrected chi connectivity index (χ2v) is 13.0. The van der Waals surface area contributed by atoms with Gasteiger partial charge in [0.2, 0.25) is 0 Å². The standard InChI is InChI=1S/C39H45N5O4S/c1-5-6-7-11-24-49-38-43-36(27(2)41)37(42-26-40)44(38)35-25-33(45)34(48-35)22-23-39(28-12-9-8-10-13-28,29-14-18-31(46-3)19-15-29)30-16-20-32(47-4)21-17-30/h1,8-10,12-21,26,33-35,45H,2,6-7,11,22-25,41H2,3-4H3,(H2,40,42)/t33?,34-,35-/m1/s1. The summed E-state index contributed by atoms with van der Waals surface area (Å²) in [5.41, 5.74) is 15.4. The highest BCUT2D eigenvalue weighted by Crippen LogP contribution is 2.47. The molecule has 1 aliphatic rings. The summed E-state index contributed by atoms with van der Waals surface area (Å²) < 4.78 is 19.6. The molecule has 5 N–H and O–H groups in total. The largest absolute Gasteiger partial charge is 0.497 e. The minimum atomic E-state index is -0.736. The van der Waals surface area contributed by atoms with Crippen LogP contribution < -0.4 is 20.9 Å². The number of aliphatic hydroxyl groups excluding tert-OH is 1. The van der Waals surface area contributed by atoms with Gasteiger partial charge in [-0.25, -0.2) is 9.98 Å². The SMILES string of the molecule is C#CCCCCSc1nc(C(=C)N)c(/N=C\N)n1[C@H]1CC(O)[C@@H](CCC(c2ccccc2)(c2ccc(OC)cc2)c2ccc(OC)cc2)O1. The van der Waals surface area contributed by atoms with Crippen molar-refractivity contribution in [1.82, 2.24) is 9.55 Å². The molecule has 9 nitrogen and oxygen atoms in total. The number of imidazole rings is 1. The third-order valence-corrected chi connectivity index (χ3v) is 10.1. The van der Waals surface area contributed by atoms with Crippen molar-refractivity contribution < 1.29 is 19.3 Å². The van der Waals surface area contributed by atoms with E-state index < -0.39 is 23.9 Å². The maximum absolute atomic E-state index is 11.5. The molecule has 0 radical (unpaired) electrons. The predicted octanol–water partition coefficient (Wildman–Crippen LogP) is 6.81. The molecule has 0 saturated carbocycles. The molecule has 1 fully saturated rings. The van der Waals surface area contributed by atoms with E-state index in [2.05, 4.69) is 66.0 Å². The van der Waals surface area contributed by atoms with Crippen molar-refractivity contribution in [3.05, 3.63) is 108 Å². The Morgan fingerprint density at radius 3 is 2.22 bits per heavy atom. The Morgan fingerprint density at radius 1 is 1.06 bits per heavy atom. The van der Waals surface area contributed by atoms with Crippen LogP contribution in [0.2, 0.25) is 0 Å². The van der Waals surface area contributed by atoms with Crippen molar-refractivity contribution in [1.29, 1.82) is 0 Å². The van der Waals surface area contributed by atoms with E-state index >= 15 is 0 Å². The summed E-state index contributed by atoms with van der Waals surface area (Å²) >= 11 is 1.57. The number of benzene rings is 3. The molecule has 1 aliphatic heterocycles. The number of aliphatic hydroxyl groups is 1. The average Bonchev–Trinajstić information content (AvgIpc) is 3.68. The first kappa shape index (κ1) is 35.6. The van der Waals surface area contributed by atoms with E-state index in [0.717, 1.165) is 53.2 Å². The summed E-state index contributed by atoms with van der Waals surface area (Å²) in [6.07, 6.45) is 9.01. The number of methoxy groups -OCH3 is 2. The normalized spacial score (nSPS) is 17.6. The first-order valence-corrected chi connectivity index (χ1v) is 17.4. The molecule has 0 amide bonds. The van der Waals surface area contributed by atoms with Gasteiger partial charge in [0.05, 0.1) is 38.5 Å². The first-order chi connectivity index (χ1) is 23.9. The van der Waals surface area contributed by atoms with Crippen molar-refractivity contribution in [2.45, 2.75) is 67.5 Å². The van der Waals surface area contributed by atoms with Gasteiger partial charge in [-0.15, -0.1) is 12.3 Å². The molecule has 1 saturated heterocycles. The molecule has 3 aromatic carbocycles. The van der Waals surface area contributed by atoms with Crippen molar-refractivity contribution in [3.63, 3.8) is 0 Å². The number of aliphatic imine (C=N–C) groups is 1. The molecular formula is C39H45N5O4S. The van der Waals surface area contributed by atoms with Crippen LogP contribution in [0.5, 0.6) is 11.5 Å². The van der Waals surface area contributed by atoms with Crippen molar-refractivity contribution in [3.8, 4) is 23.8 Å². The summed E-state index contributed by atoms with van der Waals surface area (Å²) in [4.78, 5) is 9.21. The smallest absolute Gasteiger partial charge is 0.172 e. The second kappa shape index (κ2) is 16.6. The molecular weight excluding hydrogens is 635 g/mol. The van der Waals surface area contributed by atoms with Gasteiger partial charge in [0.25, 0.3) is 0 Å². The minimum Gasteiger partial charge on any atom is -0.497 e. The summed E-state index contributed by atoms with van der Waals surface area (Å²) in [6, 6.07) is 26.8. The Kier molecular flexibility index (Phi) is 12.1. The third-order valence-electron chi connectivity index (χ3n) is 9.03. The number of nitrogens with two attached hydrogens (primary N) is 2. The number of aromatic nitrogens is 2. The lowest BCUT2D eigenvalue weighted by Gasteiger charge is -2.37. The zero-order valence-electron chi connectivity index (χ0n) is 28.1. The Hall–Kier alpha value is -4.69. The van der Waals surface area contributed by atoms with Gasteiger partial charge in [-0.2, -0.15) is 0 Å². The van der Waals surface area contributed by atoms with Crippen LogP contribution in [0.1, 0.15) is 67.1 Å². The monoisotopic (exact) mass is 679 g/mol. The Bertz CT molecular complexity index is 1700. The number of hydrogen-bond acceptors (Lipinski definition) is 8. The van der Waals surface area contributed by atoms with Crippen LogP contribution in [-0.2, 0) is 10.2 Å². The van der Waals surface area contributed by atoms with E-state index in [-0.39, 0.29) is 5.70 Å². The fourth-order valence-corrected chi connectivity index (χ4v) is 7.60. The fraction of sp³-hybridized carbons (Fsp3) is 0.333. The Balaban J connectivity index is 1.50. The molecule has 1 unspecified atom stereocenters. The van der Waals surface area contributed by atoms with Crippen molar-refractivity contribution >= 4 is 29.6 Å². The van der Waals surface area contributed by atoms with Crippen molar-refractivity contribution in [2.75, 3.05) is 20.0 Å². The number of terminal acetylenes is 1. The highest BCUT2D eigenvalue weighted by molar-refractivity contribution is 7.99. The lowest BCUT2D eigenvalue weighted by atomic mass is 9.66. The Morgan fingerprint density at radius 2 is 1.67 bits per heavy atom. The van der Waals surface area contributed by atoms with Gasteiger partial charge in [-0.1, -0.05) is 72.9 Å². The third kappa shape index (κ3) is 7.81. The van der Waals surface area contributed by atoms with Crippen LogP contribution in [0.4, 0.5) is 5.82 Å². The summed E-state index contributed by atoms with van der Waals surface area (Å²) in [7, 11) is 3.33. The molecule has 4 aromatic rings. The van der Waals surface area contributed by atoms with Gasteiger partial charge in [-0.3, -0.25) is 4.57 Å². The average molecular weight is 680 g/mol. The lowest BCUT2D eigenvalue weighted by molar-refractivity contribution is -0.0271. The number of hydrogen-bond donors (Lipinski definition) is 3. The molecule has 49 heavy (non-hydrogen) atoms. The van der Waals surface area contributed by atoms with Gasteiger partial charge in [0.15, 0.2) is 11.0 Å². The van der Waals surface area contributed by atoms with E-state index in [9.17, 15) is 5.11 Å². The van der Waals surface area contributed by atoms with Crippen LogP contribution in [-0.4, -0.2) is 53.2 Å². The molecule has 256 valence electrons. The molecule has 3 atom stereocenters. The molecule has 0 spiro atoms. The zero-order chi connectivity index (χ0) is 34.8. The highest BCUT2D eigenvalue weighted by Gasteiger charge is 2.42. The van der Waals surface area contributed by atoms with E-state index in [1.165, 1.54) is 6.34 Å². The maximum atomic E-state index is 11.5. The molecule has 1 aromatic heterocycles. The van der Waals surface area contributed by atoms with E-state index in [1.54, 1.807) is 26.0 Å². The summed E-state index contributed by atoms with van der Waals surface area (Å²) in [5.74, 6) is 5.49. The molecule has 10 heteroatoms. The van der Waals surface area contributed by atoms with Crippen LogP contribution in [0, 0.1) is 12.3 Å². The molecule has 0 aliphatic carbocycles. The van der Waals surface area contributed by atoms with Crippen LogP contribution in [0.15, 0.2) is 95.6 Å². The van der Waals surface area contributed by atoms with E-state index in [0.29, 0.717) is 35.9 Å².